The summed E-state index contributed by atoms with van der Waals surface area (Å²) in [6.45, 7) is 6.83. The highest BCUT2D eigenvalue weighted by Gasteiger charge is 2.08. The minimum Gasteiger partial charge on any atom is -0.438 e. The van der Waals surface area contributed by atoms with E-state index in [1.807, 2.05) is 13.1 Å². The maximum atomic E-state index is 5.63. The lowest BCUT2D eigenvalue weighted by Crippen LogP contribution is -2.21. The highest BCUT2D eigenvalue weighted by Crippen LogP contribution is 2.26. The largest absolute Gasteiger partial charge is 0.438 e. The molecule has 0 saturated heterocycles. The van der Waals surface area contributed by atoms with Gasteiger partial charge in [0.1, 0.15) is 0 Å². The van der Waals surface area contributed by atoms with Crippen molar-refractivity contribution >= 4 is 11.3 Å². The second-order valence-electron chi connectivity index (χ2n) is 3.90. The summed E-state index contributed by atoms with van der Waals surface area (Å²) in [6, 6.07) is 0.431. The Balaban J connectivity index is 2.07. The molecule has 0 radical (unpaired) electrons. The van der Waals surface area contributed by atoms with Crippen LogP contribution in [0.3, 0.4) is 0 Å². The van der Waals surface area contributed by atoms with Crippen molar-refractivity contribution in [3.05, 3.63) is 23.3 Å². The Labute approximate surface area is 98.7 Å². The van der Waals surface area contributed by atoms with E-state index in [0.29, 0.717) is 12.6 Å². The van der Waals surface area contributed by atoms with E-state index < -0.39 is 0 Å². The fourth-order valence-electron chi connectivity index (χ4n) is 1.27. The molecule has 0 aliphatic rings. The first-order chi connectivity index (χ1) is 7.65. The fourth-order valence-corrected chi connectivity index (χ4v) is 2.00. The molecule has 1 N–H and O–H groups in total. The average Bonchev–Trinajstić information content (AvgIpc) is 2.83. The van der Waals surface area contributed by atoms with Gasteiger partial charge in [-0.25, -0.2) is 9.97 Å². The highest BCUT2D eigenvalue weighted by molar-refractivity contribution is 7.14. The monoisotopic (exact) mass is 237 g/mol. The SMILES string of the molecule is Cc1ncc(-c2cnc(CNC(C)C)o2)s1. The van der Waals surface area contributed by atoms with Crippen molar-refractivity contribution in [3.8, 4) is 10.6 Å². The van der Waals surface area contributed by atoms with E-state index in [1.54, 1.807) is 17.5 Å². The number of rotatable bonds is 4. The maximum Gasteiger partial charge on any atom is 0.208 e. The second-order valence-corrected chi connectivity index (χ2v) is 5.13. The first kappa shape index (κ1) is 11.3. The van der Waals surface area contributed by atoms with Crippen molar-refractivity contribution < 1.29 is 4.42 Å². The Morgan fingerprint density at radius 1 is 1.38 bits per heavy atom. The lowest BCUT2D eigenvalue weighted by atomic mass is 10.4. The van der Waals surface area contributed by atoms with E-state index in [0.717, 1.165) is 21.5 Å². The maximum absolute atomic E-state index is 5.63. The normalized spacial score (nSPS) is 11.2. The molecule has 2 rings (SSSR count). The zero-order valence-electron chi connectivity index (χ0n) is 9.65. The van der Waals surface area contributed by atoms with Gasteiger partial charge in [-0.3, -0.25) is 0 Å². The number of oxazole rings is 1. The Hall–Kier alpha value is -1.20. The zero-order valence-corrected chi connectivity index (χ0v) is 10.5. The van der Waals surface area contributed by atoms with Crippen molar-refractivity contribution in [1.82, 2.24) is 15.3 Å². The summed E-state index contributed by atoms with van der Waals surface area (Å²) >= 11 is 1.61. The molecule has 2 aromatic rings. The van der Waals surface area contributed by atoms with Gasteiger partial charge in [0.15, 0.2) is 5.76 Å². The van der Waals surface area contributed by atoms with E-state index in [9.17, 15) is 0 Å². The van der Waals surface area contributed by atoms with Gasteiger partial charge >= 0.3 is 0 Å². The predicted octanol–water partition coefficient (Wildman–Crippen LogP) is 2.60. The topological polar surface area (TPSA) is 51.0 Å². The summed E-state index contributed by atoms with van der Waals surface area (Å²) < 4.78 is 5.63. The fraction of sp³-hybridized carbons (Fsp3) is 0.455. The molecule has 0 fully saturated rings. The number of nitrogens with one attached hydrogen (secondary N) is 1. The van der Waals surface area contributed by atoms with Gasteiger partial charge in [0, 0.05) is 12.2 Å². The average molecular weight is 237 g/mol. The summed E-state index contributed by atoms with van der Waals surface area (Å²) in [5.74, 6) is 1.51. The molecule has 16 heavy (non-hydrogen) atoms. The third kappa shape index (κ3) is 2.68. The van der Waals surface area contributed by atoms with Crippen LogP contribution in [0, 0.1) is 6.92 Å². The molecule has 0 amide bonds. The van der Waals surface area contributed by atoms with Crippen LogP contribution in [-0.4, -0.2) is 16.0 Å². The van der Waals surface area contributed by atoms with Crippen molar-refractivity contribution in [2.45, 2.75) is 33.4 Å². The molecule has 2 heterocycles. The summed E-state index contributed by atoms with van der Waals surface area (Å²) in [5.41, 5.74) is 0. The standard InChI is InChI=1S/C11H15N3OS/c1-7(2)12-6-11-14-4-9(15-11)10-5-13-8(3)16-10/h4-5,7,12H,6H2,1-3H3. The van der Waals surface area contributed by atoms with Crippen molar-refractivity contribution in [2.24, 2.45) is 0 Å². The predicted molar refractivity (Wildman–Crippen MR) is 64.3 cm³/mol. The van der Waals surface area contributed by atoms with Crippen molar-refractivity contribution in [2.75, 3.05) is 0 Å². The second kappa shape index (κ2) is 4.76. The van der Waals surface area contributed by atoms with E-state index >= 15 is 0 Å². The van der Waals surface area contributed by atoms with Crippen LogP contribution in [0.4, 0.5) is 0 Å². The Morgan fingerprint density at radius 2 is 2.19 bits per heavy atom. The van der Waals surface area contributed by atoms with Crippen molar-refractivity contribution in [3.63, 3.8) is 0 Å². The first-order valence-electron chi connectivity index (χ1n) is 5.26. The quantitative estimate of drug-likeness (QED) is 0.888. The van der Waals surface area contributed by atoms with Crippen LogP contribution in [-0.2, 0) is 6.54 Å². The molecule has 0 bridgehead atoms. The molecule has 4 nitrogen and oxygen atoms in total. The third-order valence-electron chi connectivity index (χ3n) is 2.08. The summed E-state index contributed by atoms with van der Waals surface area (Å²) in [5, 5.41) is 4.30. The van der Waals surface area contributed by atoms with E-state index in [-0.39, 0.29) is 0 Å². The molecule has 0 unspecified atom stereocenters. The molecule has 5 heteroatoms. The van der Waals surface area contributed by atoms with Crippen LogP contribution in [0.1, 0.15) is 24.7 Å². The van der Waals surface area contributed by atoms with Gasteiger partial charge in [0.25, 0.3) is 0 Å². The number of hydrogen-bond donors (Lipinski definition) is 1. The molecule has 0 saturated carbocycles. The minimum atomic E-state index is 0.431. The highest BCUT2D eigenvalue weighted by atomic mass is 32.1. The summed E-state index contributed by atoms with van der Waals surface area (Å²) in [4.78, 5) is 9.44. The third-order valence-corrected chi connectivity index (χ3v) is 3.01. The molecular weight excluding hydrogens is 222 g/mol. The number of nitrogens with zero attached hydrogens (tertiary/aromatic N) is 2. The van der Waals surface area contributed by atoms with Gasteiger partial charge in [0.2, 0.25) is 5.89 Å². The Kier molecular flexibility index (Phi) is 3.36. The van der Waals surface area contributed by atoms with E-state index in [4.69, 9.17) is 4.42 Å². The van der Waals surface area contributed by atoms with Crippen LogP contribution in [0.25, 0.3) is 10.6 Å². The van der Waals surface area contributed by atoms with E-state index in [1.165, 1.54) is 0 Å². The van der Waals surface area contributed by atoms with E-state index in [2.05, 4.69) is 29.1 Å². The van der Waals surface area contributed by atoms with Crippen LogP contribution in [0.2, 0.25) is 0 Å². The van der Waals surface area contributed by atoms with Crippen molar-refractivity contribution in [1.29, 1.82) is 0 Å². The van der Waals surface area contributed by atoms with Gasteiger partial charge in [-0.2, -0.15) is 0 Å². The number of aryl methyl sites for hydroxylation is 1. The van der Waals surface area contributed by atoms with Gasteiger partial charge in [-0.15, -0.1) is 11.3 Å². The first-order valence-corrected chi connectivity index (χ1v) is 6.07. The zero-order chi connectivity index (χ0) is 11.5. The Morgan fingerprint density at radius 3 is 2.81 bits per heavy atom. The molecule has 0 spiro atoms. The lowest BCUT2D eigenvalue weighted by Gasteiger charge is -2.03. The van der Waals surface area contributed by atoms with Crippen LogP contribution in [0.5, 0.6) is 0 Å². The molecular formula is C11H15N3OS. The number of thiazole rings is 1. The number of aromatic nitrogens is 2. The molecule has 0 aliphatic carbocycles. The van der Waals surface area contributed by atoms with Crippen LogP contribution < -0.4 is 5.32 Å². The number of hydrogen-bond acceptors (Lipinski definition) is 5. The van der Waals surface area contributed by atoms with Gasteiger partial charge < -0.3 is 9.73 Å². The van der Waals surface area contributed by atoms with Crippen LogP contribution in [0.15, 0.2) is 16.8 Å². The van der Waals surface area contributed by atoms with Crippen LogP contribution >= 0.6 is 11.3 Å². The summed E-state index contributed by atoms with van der Waals surface area (Å²) in [7, 11) is 0. The molecule has 0 aliphatic heterocycles. The Bertz CT molecular complexity index is 461. The van der Waals surface area contributed by atoms with Gasteiger partial charge in [-0.1, -0.05) is 13.8 Å². The molecule has 2 aromatic heterocycles. The lowest BCUT2D eigenvalue weighted by molar-refractivity contribution is 0.459. The van der Waals surface area contributed by atoms with Gasteiger partial charge in [0.05, 0.1) is 22.6 Å². The minimum absolute atomic E-state index is 0.431. The molecule has 0 atom stereocenters. The smallest absolute Gasteiger partial charge is 0.208 e. The summed E-state index contributed by atoms with van der Waals surface area (Å²) in [6.07, 6.45) is 3.57. The molecule has 86 valence electrons. The molecule has 0 aromatic carbocycles. The van der Waals surface area contributed by atoms with Gasteiger partial charge in [-0.05, 0) is 6.92 Å².